The van der Waals surface area contributed by atoms with Crippen LogP contribution in [0.25, 0.3) is 0 Å². The Kier molecular flexibility index (Phi) is 24.5. The Hall–Kier alpha value is -5.88. The van der Waals surface area contributed by atoms with Crippen LogP contribution in [0.15, 0.2) is 90.7 Å². The van der Waals surface area contributed by atoms with E-state index in [0.29, 0.717) is 53.0 Å². The molecule has 12 nitrogen and oxygen atoms in total. The topological polar surface area (TPSA) is 186 Å². The summed E-state index contributed by atoms with van der Waals surface area (Å²) in [7, 11) is 0. The van der Waals surface area contributed by atoms with E-state index in [2.05, 4.69) is 79.2 Å². The Bertz CT molecular complexity index is 2250. The van der Waals surface area contributed by atoms with Crippen molar-refractivity contribution in [2.24, 2.45) is 29.6 Å². The fourth-order valence-electron chi connectivity index (χ4n) is 8.67. The predicted octanol–water partition coefficient (Wildman–Crippen LogP) is 14.2. The zero-order valence-corrected chi connectivity index (χ0v) is 43.8. The first-order chi connectivity index (χ1) is 33.2. The minimum atomic E-state index is -0.302. The molecule has 0 saturated heterocycles. The number of aliphatic hydroxyl groups is 1. The molecule has 3 aromatic carbocycles. The van der Waals surface area contributed by atoms with Gasteiger partial charge in [0.05, 0.1) is 34.8 Å². The lowest BCUT2D eigenvalue weighted by Crippen LogP contribution is -2.32. The van der Waals surface area contributed by atoms with Gasteiger partial charge in [-0.1, -0.05) is 156 Å². The third kappa shape index (κ3) is 18.5. The summed E-state index contributed by atoms with van der Waals surface area (Å²) < 4.78 is 0. The number of nitrogens with zero attached hydrogens (tertiary/aromatic N) is 2. The molecule has 2 aliphatic rings. The summed E-state index contributed by atoms with van der Waals surface area (Å²) in [6.07, 6.45) is 20.9. The molecule has 386 valence electrons. The first-order valence-electron chi connectivity index (χ1n) is 25.6. The highest BCUT2D eigenvalue weighted by molar-refractivity contribution is 6.15. The van der Waals surface area contributed by atoms with Crippen LogP contribution in [0.5, 0.6) is 28.7 Å². The standard InChI is InChI=1S/C28H40N2O4.C26H38N2O3.C4H8O/c1-18(2)8-5-9-19(3)10-6-11-20(4)14-15-30-23-16-21(31)17-25(33)27(23)29-26-22(28(30)34)12-7-13-24(26)32;1-17(2)9-7-10-18(3)11-8-12-19(4)13-14-28-23-15-22(29)16-24(30)25(23)27-21(6)20(5)26(28)31;1-2-3-4-5/h7,12-13,16-20,29,31-33H,5-6,8-11,14-15H2,1-4H3;13,15-18,27,29-30H,5-12,14H2,1-4H3;2-3,5H,4H2,1H3/b;19-13+;3-2-. The number of amides is 2. The molecule has 0 fully saturated rings. The highest BCUT2D eigenvalue weighted by atomic mass is 16.3. The van der Waals surface area contributed by atoms with Gasteiger partial charge >= 0.3 is 0 Å². The molecule has 0 aliphatic carbocycles. The number of benzene rings is 3. The molecule has 12 heteroatoms. The second-order valence-corrected chi connectivity index (χ2v) is 20.4. The van der Waals surface area contributed by atoms with Gasteiger partial charge in [-0.2, -0.15) is 0 Å². The largest absolute Gasteiger partial charge is 0.508 e. The summed E-state index contributed by atoms with van der Waals surface area (Å²) >= 11 is 0. The maximum Gasteiger partial charge on any atom is 0.260 e. The van der Waals surface area contributed by atoms with E-state index < -0.39 is 0 Å². The summed E-state index contributed by atoms with van der Waals surface area (Å²) in [5.74, 6) is 2.27. The number of rotatable bonds is 22. The van der Waals surface area contributed by atoms with Crippen LogP contribution in [0.2, 0.25) is 0 Å². The normalized spacial score (nSPS) is 14.9. The summed E-state index contributed by atoms with van der Waals surface area (Å²) in [6, 6.07) is 10.2. The molecule has 70 heavy (non-hydrogen) atoms. The quantitative estimate of drug-likeness (QED) is 0.0208. The Balaban J connectivity index is 0.000000339. The number of para-hydroxylation sites is 1. The molecule has 0 bridgehead atoms. The molecule has 8 N–H and O–H groups in total. The molecular formula is C58H86N4O8. The van der Waals surface area contributed by atoms with Gasteiger partial charge in [-0.05, 0) is 74.8 Å². The van der Waals surface area contributed by atoms with Gasteiger partial charge in [0.15, 0.2) is 0 Å². The number of phenolic OH excluding ortho intramolecular Hbond substituents is 5. The fraction of sp³-hybridized carbons (Fsp3) is 0.517. The van der Waals surface area contributed by atoms with Crippen LogP contribution >= 0.6 is 0 Å². The summed E-state index contributed by atoms with van der Waals surface area (Å²) in [6.45, 7) is 28.6. The molecule has 3 atom stereocenters. The Labute approximate surface area is 419 Å². The van der Waals surface area contributed by atoms with E-state index in [4.69, 9.17) is 5.11 Å². The van der Waals surface area contributed by atoms with E-state index in [9.17, 15) is 35.1 Å². The lowest BCUT2D eigenvalue weighted by atomic mass is 9.92. The van der Waals surface area contributed by atoms with Crippen molar-refractivity contribution in [1.82, 2.24) is 0 Å². The molecule has 2 aliphatic heterocycles. The second kappa shape index (κ2) is 29.3. The third-order valence-corrected chi connectivity index (χ3v) is 13.1. The number of hydrogen-bond donors (Lipinski definition) is 8. The lowest BCUT2D eigenvalue weighted by Gasteiger charge is -2.25. The van der Waals surface area contributed by atoms with Gasteiger partial charge in [-0.25, -0.2) is 0 Å². The van der Waals surface area contributed by atoms with Crippen molar-refractivity contribution in [2.75, 3.05) is 40.1 Å². The van der Waals surface area contributed by atoms with Gasteiger partial charge in [-0.15, -0.1) is 0 Å². The van der Waals surface area contributed by atoms with Gasteiger partial charge < -0.3 is 51.1 Å². The number of hydrogen-bond acceptors (Lipinski definition) is 10. The van der Waals surface area contributed by atoms with Crippen LogP contribution in [0, 0.1) is 29.6 Å². The van der Waals surface area contributed by atoms with Crippen molar-refractivity contribution in [2.45, 2.75) is 146 Å². The first kappa shape index (κ1) is 58.4. The van der Waals surface area contributed by atoms with Crippen LogP contribution in [0.1, 0.15) is 156 Å². The molecule has 2 heterocycles. The van der Waals surface area contributed by atoms with Gasteiger partial charge in [0, 0.05) is 43.1 Å². The number of aliphatic hydroxyl groups excluding tert-OH is 1. The molecule has 2 amide bonds. The van der Waals surface area contributed by atoms with Gasteiger partial charge in [0.2, 0.25) is 0 Å². The molecule has 5 rings (SSSR count). The summed E-state index contributed by atoms with van der Waals surface area (Å²) in [5.41, 5.74) is 3.84. The van der Waals surface area contributed by atoms with E-state index in [1.807, 2.05) is 13.0 Å². The fourth-order valence-corrected chi connectivity index (χ4v) is 8.67. The Morgan fingerprint density at radius 3 is 1.64 bits per heavy atom. The number of allylic oxidation sites excluding steroid dienone is 2. The molecule has 0 spiro atoms. The van der Waals surface area contributed by atoms with E-state index >= 15 is 0 Å². The number of aromatic hydroxyl groups is 5. The molecule has 0 radical (unpaired) electrons. The Morgan fingerprint density at radius 1 is 0.629 bits per heavy atom. The maximum absolute atomic E-state index is 13.4. The van der Waals surface area contributed by atoms with Gasteiger partial charge in [-0.3, -0.25) is 9.59 Å². The number of nitrogens with one attached hydrogen (secondary N) is 2. The van der Waals surface area contributed by atoms with Crippen molar-refractivity contribution >= 4 is 40.3 Å². The van der Waals surface area contributed by atoms with Gasteiger partial charge in [0.25, 0.3) is 11.8 Å². The SMILES string of the molecule is C/C=C\CO.C=C1Nc2c(O)cc(O)cc2N(C/C=C(\C)CCCC(C)CCCC(C)C)C(=O)C1=C.CC(C)CCCC(C)CCCC(C)CCN1C(=O)c2cccc(O)c2Nc2c(O)cc(O)cc21. The summed E-state index contributed by atoms with van der Waals surface area (Å²) in [4.78, 5) is 29.5. The van der Waals surface area contributed by atoms with Crippen LogP contribution < -0.4 is 20.4 Å². The van der Waals surface area contributed by atoms with Crippen LogP contribution in [-0.4, -0.2) is 62.1 Å². The van der Waals surface area contributed by atoms with Crippen molar-refractivity contribution in [3.05, 3.63) is 96.3 Å². The van der Waals surface area contributed by atoms with Crippen LogP contribution in [0.3, 0.4) is 0 Å². The smallest absolute Gasteiger partial charge is 0.260 e. The minimum absolute atomic E-state index is 0.0676. The van der Waals surface area contributed by atoms with Crippen molar-refractivity contribution < 1.29 is 40.2 Å². The number of fused-ring (bicyclic) bond motifs is 3. The molecular weight excluding hydrogens is 881 g/mol. The van der Waals surface area contributed by atoms with Crippen molar-refractivity contribution in [1.29, 1.82) is 0 Å². The number of carbonyl (C=O) groups excluding carboxylic acids is 2. The monoisotopic (exact) mass is 967 g/mol. The molecule has 0 saturated carbocycles. The third-order valence-electron chi connectivity index (χ3n) is 13.1. The average Bonchev–Trinajstić information content (AvgIpc) is 3.46. The van der Waals surface area contributed by atoms with E-state index in [1.54, 1.807) is 29.2 Å². The summed E-state index contributed by atoms with van der Waals surface area (Å²) in [5, 5.41) is 65.1. The van der Waals surface area contributed by atoms with Crippen molar-refractivity contribution in [3.8, 4) is 28.7 Å². The average molecular weight is 967 g/mol. The highest BCUT2D eigenvalue weighted by Crippen LogP contribution is 2.46. The molecule has 3 unspecified atom stereocenters. The zero-order chi connectivity index (χ0) is 52.1. The van der Waals surface area contributed by atoms with Gasteiger partial charge in [0.1, 0.15) is 40.1 Å². The van der Waals surface area contributed by atoms with E-state index in [1.165, 1.54) is 98.6 Å². The first-order valence-corrected chi connectivity index (χ1v) is 25.6. The maximum atomic E-state index is 13.4. The lowest BCUT2D eigenvalue weighted by molar-refractivity contribution is -0.114. The number of carbonyl (C=O) groups is 2. The van der Waals surface area contributed by atoms with Crippen molar-refractivity contribution in [3.63, 3.8) is 0 Å². The van der Waals surface area contributed by atoms with Crippen LogP contribution in [-0.2, 0) is 4.79 Å². The van der Waals surface area contributed by atoms with Crippen LogP contribution in [0.4, 0.5) is 28.4 Å². The highest BCUT2D eigenvalue weighted by Gasteiger charge is 2.31. The number of anilines is 5. The number of phenols is 5. The predicted molar refractivity (Wildman–Crippen MR) is 290 cm³/mol. The Morgan fingerprint density at radius 2 is 1.13 bits per heavy atom. The molecule has 0 aromatic heterocycles. The van der Waals surface area contributed by atoms with E-state index in [-0.39, 0.29) is 58.4 Å². The molecule has 3 aromatic rings. The second-order valence-electron chi connectivity index (χ2n) is 20.4. The zero-order valence-electron chi connectivity index (χ0n) is 43.8. The van der Waals surface area contributed by atoms with E-state index in [0.717, 1.165) is 49.4 Å². The minimum Gasteiger partial charge on any atom is -0.508 e.